The van der Waals surface area contributed by atoms with E-state index in [-0.39, 0.29) is 5.97 Å². The van der Waals surface area contributed by atoms with Gasteiger partial charge in [-0.15, -0.1) is 0 Å². The van der Waals surface area contributed by atoms with E-state index >= 15 is 0 Å². The fraction of sp³-hybridized carbons (Fsp3) is 0.929. The van der Waals surface area contributed by atoms with E-state index in [0.29, 0.717) is 18.9 Å². The van der Waals surface area contributed by atoms with E-state index in [0.717, 1.165) is 6.42 Å². The van der Waals surface area contributed by atoms with Crippen LogP contribution < -0.4 is 0 Å². The van der Waals surface area contributed by atoms with E-state index in [1.54, 1.807) is 0 Å². The summed E-state index contributed by atoms with van der Waals surface area (Å²) in [6.07, 6.45) is 11.9. The summed E-state index contributed by atoms with van der Waals surface area (Å²) < 4.78 is 5.17. The molecule has 2 nitrogen and oxygen atoms in total. The summed E-state index contributed by atoms with van der Waals surface area (Å²) in [5.74, 6) is 0.707. The van der Waals surface area contributed by atoms with Gasteiger partial charge in [0.05, 0.1) is 6.61 Å². The van der Waals surface area contributed by atoms with Crippen LogP contribution in [0.5, 0.6) is 0 Å². The summed E-state index contributed by atoms with van der Waals surface area (Å²) in [7, 11) is 0. The minimum atomic E-state index is 0.0143. The van der Waals surface area contributed by atoms with Crippen LogP contribution in [0.15, 0.2) is 0 Å². The molecule has 0 N–H and O–H groups in total. The summed E-state index contributed by atoms with van der Waals surface area (Å²) in [5, 5.41) is 0. The number of carbonyl (C=O) groups is 1. The summed E-state index contributed by atoms with van der Waals surface area (Å²) in [4.78, 5) is 11.3. The Hall–Kier alpha value is -0.530. The van der Waals surface area contributed by atoms with Gasteiger partial charge in [0.15, 0.2) is 0 Å². The molecule has 1 rings (SSSR count). The molecule has 0 radical (unpaired) electrons. The Bertz CT molecular complexity index is 185. The average molecular weight is 226 g/mol. The zero-order valence-corrected chi connectivity index (χ0v) is 10.7. The minimum Gasteiger partial charge on any atom is -0.465 e. The van der Waals surface area contributed by atoms with Crippen molar-refractivity contribution in [1.29, 1.82) is 0 Å². The molecule has 2 heteroatoms. The molecule has 0 atom stereocenters. The summed E-state index contributed by atoms with van der Waals surface area (Å²) >= 11 is 0. The second-order valence-corrected chi connectivity index (χ2v) is 5.00. The Balaban J connectivity index is 1.76. The summed E-state index contributed by atoms with van der Waals surface area (Å²) in [6.45, 7) is 2.91. The van der Waals surface area contributed by atoms with Crippen molar-refractivity contribution in [2.75, 3.05) is 6.61 Å². The summed E-state index contributed by atoms with van der Waals surface area (Å²) in [6, 6.07) is 0. The van der Waals surface area contributed by atoms with E-state index in [1.807, 2.05) is 0 Å². The first-order chi connectivity index (χ1) is 7.83. The second-order valence-electron chi connectivity index (χ2n) is 5.00. The van der Waals surface area contributed by atoms with Gasteiger partial charge in [-0.25, -0.2) is 0 Å². The molecule has 1 fully saturated rings. The largest absolute Gasteiger partial charge is 0.465 e. The molecule has 16 heavy (non-hydrogen) atoms. The monoisotopic (exact) mass is 226 g/mol. The van der Waals surface area contributed by atoms with Crippen molar-refractivity contribution in [2.24, 2.45) is 5.92 Å². The second kappa shape index (κ2) is 8.60. The average Bonchev–Trinajstić information content (AvgIpc) is 3.09. The number of carbonyl (C=O) groups excluding carboxylic acids is 1. The van der Waals surface area contributed by atoms with Crippen molar-refractivity contribution in [3.05, 3.63) is 0 Å². The molecule has 1 saturated carbocycles. The molecule has 0 spiro atoms. The van der Waals surface area contributed by atoms with E-state index in [1.165, 1.54) is 51.4 Å². The van der Waals surface area contributed by atoms with Crippen LogP contribution in [0.2, 0.25) is 0 Å². The number of esters is 1. The molecular weight excluding hydrogens is 200 g/mol. The van der Waals surface area contributed by atoms with Gasteiger partial charge in [-0.05, 0) is 25.2 Å². The van der Waals surface area contributed by atoms with E-state index in [4.69, 9.17) is 4.74 Å². The van der Waals surface area contributed by atoms with Crippen molar-refractivity contribution >= 4 is 5.97 Å². The van der Waals surface area contributed by atoms with Gasteiger partial charge in [-0.2, -0.15) is 0 Å². The third-order valence-corrected chi connectivity index (χ3v) is 3.16. The number of hydrogen-bond donors (Lipinski definition) is 0. The van der Waals surface area contributed by atoms with Crippen molar-refractivity contribution in [1.82, 2.24) is 0 Å². The zero-order valence-electron chi connectivity index (χ0n) is 10.7. The smallest absolute Gasteiger partial charge is 0.305 e. The molecule has 1 aliphatic carbocycles. The van der Waals surface area contributed by atoms with Gasteiger partial charge in [0.25, 0.3) is 0 Å². The Morgan fingerprint density at radius 1 is 1.06 bits per heavy atom. The van der Waals surface area contributed by atoms with E-state index in [9.17, 15) is 4.79 Å². The maximum atomic E-state index is 11.3. The molecule has 0 saturated heterocycles. The van der Waals surface area contributed by atoms with Gasteiger partial charge >= 0.3 is 5.97 Å². The third kappa shape index (κ3) is 7.72. The molecule has 0 heterocycles. The van der Waals surface area contributed by atoms with Crippen LogP contribution in [-0.4, -0.2) is 12.6 Å². The first-order valence-corrected chi connectivity index (χ1v) is 6.98. The fourth-order valence-corrected chi connectivity index (χ4v) is 1.79. The Morgan fingerprint density at radius 3 is 2.31 bits per heavy atom. The molecule has 0 aromatic carbocycles. The van der Waals surface area contributed by atoms with Gasteiger partial charge in [-0.3, -0.25) is 4.79 Å². The molecule has 0 bridgehead atoms. The quantitative estimate of drug-likeness (QED) is 0.414. The highest BCUT2D eigenvalue weighted by molar-refractivity contribution is 5.69. The van der Waals surface area contributed by atoms with Crippen LogP contribution in [0.4, 0.5) is 0 Å². The van der Waals surface area contributed by atoms with Gasteiger partial charge in [0, 0.05) is 6.42 Å². The van der Waals surface area contributed by atoms with E-state index in [2.05, 4.69) is 6.92 Å². The highest BCUT2D eigenvalue weighted by Gasteiger charge is 2.22. The van der Waals surface area contributed by atoms with Crippen molar-refractivity contribution in [2.45, 2.75) is 71.1 Å². The maximum absolute atomic E-state index is 11.3. The first-order valence-electron chi connectivity index (χ1n) is 6.98. The Kier molecular flexibility index (Phi) is 7.28. The van der Waals surface area contributed by atoms with Crippen LogP contribution in [0, 0.1) is 5.92 Å². The third-order valence-electron chi connectivity index (χ3n) is 3.16. The lowest BCUT2D eigenvalue weighted by molar-refractivity contribution is -0.144. The number of unbranched alkanes of at least 4 members (excludes halogenated alkanes) is 6. The van der Waals surface area contributed by atoms with Crippen LogP contribution in [-0.2, 0) is 9.53 Å². The molecule has 1 aliphatic rings. The van der Waals surface area contributed by atoms with Crippen LogP contribution in [0.3, 0.4) is 0 Å². The molecule has 0 aromatic rings. The van der Waals surface area contributed by atoms with E-state index < -0.39 is 0 Å². The lowest BCUT2D eigenvalue weighted by Gasteiger charge is -2.03. The minimum absolute atomic E-state index is 0.0143. The molecule has 94 valence electrons. The topological polar surface area (TPSA) is 26.3 Å². The summed E-state index contributed by atoms with van der Waals surface area (Å²) in [5.41, 5.74) is 0. The normalized spacial score (nSPS) is 15.1. The van der Waals surface area contributed by atoms with Crippen LogP contribution >= 0.6 is 0 Å². The van der Waals surface area contributed by atoms with Crippen molar-refractivity contribution in [3.63, 3.8) is 0 Å². The zero-order chi connectivity index (χ0) is 11.6. The number of rotatable bonds is 10. The molecular formula is C14H26O2. The first kappa shape index (κ1) is 13.5. The van der Waals surface area contributed by atoms with Crippen LogP contribution in [0.25, 0.3) is 0 Å². The molecule has 0 aromatic heterocycles. The number of ether oxygens (including phenoxy) is 1. The highest BCUT2D eigenvalue weighted by atomic mass is 16.5. The van der Waals surface area contributed by atoms with Crippen molar-refractivity contribution in [3.8, 4) is 0 Å². The lowest BCUT2D eigenvalue weighted by atomic mass is 10.1. The van der Waals surface area contributed by atoms with Crippen molar-refractivity contribution < 1.29 is 9.53 Å². The van der Waals surface area contributed by atoms with Gasteiger partial charge in [0.1, 0.15) is 0 Å². The van der Waals surface area contributed by atoms with Gasteiger partial charge in [-0.1, -0.05) is 45.4 Å². The predicted octanol–water partition coefficient (Wildman–Crippen LogP) is 4.08. The van der Waals surface area contributed by atoms with Gasteiger partial charge < -0.3 is 4.74 Å². The highest BCUT2D eigenvalue weighted by Crippen LogP contribution is 2.28. The number of hydrogen-bond acceptors (Lipinski definition) is 2. The van der Waals surface area contributed by atoms with Gasteiger partial charge in [0.2, 0.25) is 0 Å². The van der Waals surface area contributed by atoms with Crippen LogP contribution in [0.1, 0.15) is 71.1 Å². The fourth-order valence-electron chi connectivity index (χ4n) is 1.79. The molecule has 0 amide bonds. The standard InChI is InChI=1S/C14H26O2/c1-2-3-4-5-6-7-8-9-14(15)16-12-13-10-11-13/h13H,2-12H2,1H3. The molecule has 0 unspecified atom stereocenters. The molecule has 0 aliphatic heterocycles. The Labute approximate surface area is 99.8 Å². The Morgan fingerprint density at radius 2 is 1.69 bits per heavy atom. The lowest BCUT2D eigenvalue weighted by Crippen LogP contribution is -2.06. The predicted molar refractivity (Wildman–Crippen MR) is 66.3 cm³/mol. The SMILES string of the molecule is CCCCCCCCCC(=O)OCC1CC1. The maximum Gasteiger partial charge on any atom is 0.305 e.